The fourth-order valence-corrected chi connectivity index (χ4v) is 5.49. The van der Waals surface area contributed by atoms with E-state index in [0.29, 0.717) is 17.9 Å². The lowest BCUT2D eigenvalue weighted by atomic mass is 9.84. The van der Waals surface area contributed by atoms with E-state index in [-0.39, 0.29) is 29.1 Å². The van der Waals surface area contributed by atoms with Crippen LogP contribution in [-0.2, 0) is 14.2 Å². The van der Waals surface area contributed by atoms with Crippen molar-refractivity contribution >= 4 is 0 Å². The first-order chi connectivity index (χ1) is 18.3. The van der Waals surface area contributed by atoms with Crippen molar-refractivity contribution in [1.29, 1.82) is 0 Å². The zero-order chi connectivity index (χ0) is 27.1. The highest BCUT2D eigenvalue weighted by Gasteiger charge is 2.53. The smallest absolute Gasteiger partial charge is 0.184 e. The molecule has 10 atom stereocenters. The van der Waals surface area contributed by atoms with Crippen LogP contribution in [0, 0.1) is 11.8 Å². The average molecular weight is 537 g/mol. The lowest BCUT2D eigenvalue weighted by molar-refractivity contribution is -0.282. The second kappa shape index (κ2) is 10.8. The zero-order valence-electron chi connectivity index (χ0n) is 20.8. The van der Waals surface area contributed by atoms with Crippen LogP contribution >= 0.6 is 0 Å². The van der Waals surface area contributed by atoms with Crippen molar-refractivity contribution < 1.29 is 59.1 Å². The molecule has 208 valence electrons. The van der Waals surface area contributed by atoms with Gasteiger partial charge in [0.05, 0.1) is 39.6 Å². The Bertz CT molecular complexity index is 1130. The summed E-state index contributed by atoms with van der Waals surface area (Å²) in [6.45, 7) is -0.234. The molecule has 6 N–H and O–H groups in total. The standard InChI is InChI=1S/C26H32O12/c1-33-16-7-11(3-5-14(16)28)22-13-10-35-23(19(13)25(31)38-22)12-4-6-15(17(8-12)34-2)36-24-18(9-27)37-26(32)21(30)20(24)29/h3-8,13,18-32H,9-10H2,1-2H3. The van der Waals surface area contributed by atoms with Crippen LogP contribution in [0.2, 0.25) is 0 Å². The SMILES string of the molecule is COc1cc(C2OC(O)C3C(c4ccc(OC5C(CO)OC(O)C(O)C5O)c(OC)c4)OCC23)ccc1O. The molecule has 0 radical (unpaired) electrons. The lowest BCUT2D eigenvalue weighted by Crippen LogP contribution is -2.60. The molecule has 0 spiro atoms. The maximum absolute atomic E-state index is 10.8. The number of fused-ring (bicyclic) bond motifs is 1. The van der Waals surface area contributed by atoms with Crippen LogP contribution in [0.1, 0.15) is 23.3 Å². The molecule has 38 heavy (non-hydrogen) atoms. The molecular formula is C26H32O12. The molecule has 12 heteroatoms. The highest BCUT2D eigenvalue weighted by atomic mass is 16.7. The van der Waals surface area contributed by atoms with Crippen molar-refractivity contribution in [2.24, 2.45) is 11.8 Å². The number of methoxy groups -OCH3 is 2. The lowest BCUT2D eigenvalue weighted by Gasteiger charge is -2.40. The Morgan fingerprint density at radius 2 is 1.50 bits per heavy atom. The van der Waals surface area contributed by atoms with E-state index in [1.54, 1.807) is 30.3 Å². The molecule has 12 nitrogen and oxygen atoms in total. The van der Waals surface area contributed by atoms with Crippen LogP contribution in [0.25, 0.3) is 0 Å². The summed E-state index contributed by atoms with van der Waals surface area (Å²) in [5, 5.41) is 60.5. The highest BCUT2D eigenvalue weighted by Crippen LogP contribution is 2.53. The first-order valence-corrected chi connectivity index (χ1v) is 12.2. The number of hydrogen-bond donors (Lipinski definition) is 6. The molecule has 3 fully saturated rings. The predicted octanol–water partition coefficient (Wildman–Crippen LogP) is -0.0183. The Hall–Kier alpha value is -2.68. The maximum atomic E-state index is 10.8. The quantitative estimate of drug-likeness (QED) is 0.279. The normalized spacial score (nSPS) is 36.6. The van der Waals surface area contributed by atoms with Crippen molar-refractivity contribution in [2.75, 3.05) is 27.4 Å². The van der Waals surface area contributed by atoms with Gasteiger partial charge in [0, 0.05) is 11.8 Å². The summed E-state index contributed by atoms with van der Waals surface area (Å²) in [4.78, 5) is 0. The van der Waals surface area contributed by atoms with Crippen LogP contribution in [0.4, 0.5) is 0 Å². The molecule has 0 saturated carbocycles. The summed E-state index contributed by atoms with van der Waals surface area (Å²) in [5.74, 6) is 0.243. The third-order valence-electron chi connectivity index (χ3n) is 7.47. The number of phenols is 1. The van der Waals surface area contributed by atoms with Gasteiger partial charge in [-0.1, -0.05) is 12.1 Å². The van der Waals surface area contributed by atoms with E-state index in [1.807, 2.05) is 0 Å². The predicted molar refractivity (Wildman–Crippen MR) is 128 cm³/mol. The molecule has 2 aromatic carbocycles. The molecule has 0 aliphatic carbocycles. The van der Waals surface area contributed by atoms with E-state index < -0.39 is 55.8 Å². The number of aromatic hydroxyl groups is 1. The summed E-state index contributed by atoms with van der Waals surface area (Å²) in [6, 6.07) is 9.91. The fraction of sp³-hybridized carbons (Fsp3) is 0.538. The van der Waals surface area contributed by atoms with Gasteiger partial charge in [0.2, 0.25) is 0 Å². The molecule has 3 aliphatic heterocycles. The molecule has 2 aromatic rings. The Labute approximate surface area is 218 Å². The Kier molecular flexibility index (Phi) is 7.67. The largest absolute Gasteiger partial charge is 0.504 e. The number of aliphatic hydroxyl groups is 5. The van der Waals surface area contributed by atoms with Crippen molar-refractivity contribution in [3.05, 3.63) is 47.5 Å². The Balaban J connectivity index is 1.36. The third kappa shape index (κ3) is 4.67. The van der Waals surface area contributed by atoms with Gasteiger partial charge in [0.1, 0.15) is 18.3 Å². The first-order valence-electron chi connectivity index (χ1n) is 12.2. The van der Waals surface area contributed by atoms with Gasteiger partial charge in [-0.05, 0) is 35.4 Å². The molecule has 5 rings (SSSR count). The van der Waals surface area contributed by atoms with E-state index in [2.05, 4.69) is 0 Å². The van der Waals surface area contributed by atoms with Gasteiger partial charge in [-0.2, -0.15) is 0 Å². The van der Waals surface area contributed by atoms with E-state index in [1.165, 1.54) is 20.3 Å². The molecule has 0 bridgehead atoms. The molecule has 3 saturated heterocycles. The number of aliphatic hydroxyl groups excluding tert-OH is 5. The van der Waals surface area contributed by atoms with Crippen LogP contribution in [0.3, 0.4) is 0 Å². The van der Waals surface area contributed by atoms with E-state index in [9.17, 15) is 30.6 Å². The van der Waals surface area contributed by atoms with Crippen molar-refractivity contribution in [2.45, 2.75) is 49.2 Å². The van der Waals surface area contributed by atoms with Crippen LogP contribution in [-0.4, -0.2) is 95.1 Å². The summed E-state index contributed by atoms with van der Waals surface area (Å²) in [6.07, 6.45) is -9.18. The van der Waals surface area contributed by atoms with Crippen molar-refractivity contribution in [1.82, 2.24) is 0 Å². The van der Waals surface area contributed by atoms with E-state index >= 15 is 0 Å². The molecular weight excluding hydrogens is 504 g/mol. The van der Waals surface area contributed by atoms with Gasteiger partial charge in [-0.15, -0.1) is 0 Å². The second-order valence-corrected chi connectivity index (χ2v) is 9.60. The van der Waals surface area contributed by atoms with Crippen LogP contribution < -0.4 is 14.2 Å². The van der Waals surface area contributed by atoms with Gasteiger partial charge >= 0.3 is 0 Å². The average Bonchev–Trinajstić information content (AvgIpc) is 3.50. The molecule has 0 amide bonds. The van der Waals surface area contributed by atoms with Gasteiger partial charge in [-0.25, -0.2) is 0 Å². The number of rotatable bonds is 7. The topological polar surface area (TPSA) is 177 Å². The summed E-state index contributed by atoms with van der Waals surface area (Å²) < 4.78 is 33.7. The molecule has 3 heterocycles. The van der Waals surface area contributed by atoms with Crippen LogP contribution in [0.15, 0.2) is 36.4 Å². The van der Waals surface area contributed by atoms with Gasteiger partial charge in [-0.3, -0.25) is 0 Å². The molecule has 3 aliphatic rings. The van der Waals surface area contributed by atoms with Crippen molar-refractivity contribution in [3.8, 4) is 23.0 Å². The second-order valence-electron chi connectivity index (χ2n) is 9.60. The zero-order valence-corrected chi connectivity index (χ0v) is 20.8. The third-order valence-corrected chi connectivity index (χ3v) is 7.47. The molecule has 10 unspecified atom stereocenters. The summed E-state index contributed by atoms with van der Waals surface area (Å²) in [5.41, 5.74) is 1.44. The van der Waals surface area contributed by atoms with E-state index in [4.69, 9.17) is 28.4 Å². The number of phenolic OH excluding ortho intramolecular Hbond substituents is 1. The van der Waals surface area contributed by atoms with Crippen LogP contribution in [0.5, 0.6) is 23.0 Å². The monoisotopic (exact) mass is 536 g/mol. The number of ether oxygens (including phenoxy) is 6. The number of benzene rings is 2. The van der Waals surface area contributed by atoms with Gasteiger partial charge in [0.25, 0.3) is 0 Å². The van der Waals surface area contributed by atoms with Gasteiger partial charge in [0.15, 0.2) is 41.7 Å². The maximum Gasteiger partial charge on any atom is 0.184 e. The fourth-order valence-electron chi connectivity index (χ4n) is 5.49. The minimum absolute atomic E-state index is 0.00426. The van der Waals surface area contributed by atoms with Crippen molar-refractivity contribution in [3.63, 3.8) is 0 Å². The summed E-state index contributed by atoms with van der Waals surface area (Å²) in [7, 11) is 2.89. The number of hydrogen-bond acceptors (Lipinski definition) is 12. The van der Waals surface area contributed by atoms with E-state index in [0.717, 1.165) is 5.56 Å². The molecule has 0 aromatic heterocycles. The van der Waals surface area contributed by atoms with Gasteiger partial charge < -0.3 is 59.1 Å². The minimum atomic E-state index is -1.66. The first kappa shape index (κ1) is 26.9. The highest BCUT2D eigenvalue weighted by molar-refractivity contribution is 5.45. The summed E-state index contributed by atoms with van der Waals surface area (Å²) >= 11 is 0. The Morgan fingerprint density at radius 3 is 2.21 bits per heavy atom. The minimum Gasteiger partial charge on any atom is -0.504 e. The Morgan fingerprint density at radius 1 is 0.816 bits per heavy atom.